The zero-order chi connectivity index (χ0) is 15.9. The van der Waals surface area contributed by atoms with E-state index in [0.29, 0.717) is 19.4 Å². The molecule has 2 aromatic carbocycles. The lowest BCUT2D eigenvalue weighted by atomic mass is 10.0. The molecule has 3 aromatic rings. The van der Waals surface area contributed by atoms with Crippen molar-refractivity contribution in [3.8, 4) is 0 Å². The van der Waals surface area contributed by atoms with Crippen LogP contribution in [0.15, 0.2) is 40.8 Å². The summed E-state index contributed by atoms with van der Waals surface area (Å²) in [7, 11) is 1.00. The van der Waals surface area contributed by atoms with Crippen LogP contribution in [0.25, 0.3) is 21.9 Å². The van der Waals surface area contributed by atoms with Crippen LogP contribution < -0.4 is 5.73 Å². The molecule has 3 rings (SSSR count). The molecule has 0 saturated carbocycles. The second kappa shape index (κ2) is 7.73. The Morgan fingerprint density at radius 1 is 1.00 bits per heavy atom. The maximum atomic E-state index is 10.6. The molecule has 3 N–H and O–H groups in total. The van der Waals surface area contributed by atoms with Crippen LogP contribution in [-0.4, -0.2) is 25.0 Å². The minimum Gasteiger partial charge on any atom is -0.455 e. The minimum atomic E-state index is 0.520. The number of carbonyl (C=O) groups is 1. The molecule has 0 aliphatic rings. The van der Waals surface area contributed by atoms with E-state index >= 15 is 0 Å². The number of aliphatic hydroxyl groups excluding tert-OH is 1. The molecule has 0 aliphatic carbocycles. The summed E-state index contributed by atoms with van der Waals surface area (Å²) in [5.74, 6) is 0. The third kappa shape index (κ3) is 3.03. The first kappa shape index (κ1) is 16.2. The maximum absolute atomic E-state index is 10.6. The summed E-state index contributed by atoms with van der Waals surface area (Å²) in [5.41, 5.74) is 9.71. The van der Waals surface area contributed by atoms with Crippen molar-refractivity contribution >= 4 is 28.2 Å². The average Bonchev–Trinajstić information content (AvgIpc) is 2.95. The lowest BCUT2D eigenvalue weighted by Gasteiger charge is -1.98. The lowest BCUT2D eigenvalue weighted by molar-refractivity contribution is -0.107. The minimum absolute atomic E-state index is 0.520. The second-order valence-corrected chi connectivity index (χ2v) is 4.93. The lowest BCUT2D eigenvalue weighted by Crippen LogP contribution is -2.02. The Bertz CT molecular complexity index is 761. The molecule has 0 saturated heterocycles. The molecule has 22 heavy (non-hydrogen) atoms. The number of hydrogen-bond donors (Lipinski definition) is 2. The summed E-state index contributed by atoms with van der Waals surface area (Å²) in [6.45, 7) is 0.605. The highest BCUT2D eigenvalue weighted by Crippen LogP contribution is 2.33. The number of hydrogen-bond acceptors (Lipinski definition) is 4. The van der Waals surface area contributed by atoms with Crippen molar-refractivity contribution in [3.63, 3.8) is 0 Å². The zero-order valence-electron chi connectivity index (χ0n) is 12.7. The number of nitrogens with two attached hydrogens (primary N) is 1. The third-order valence-electron chi connectivity index (χ3n) is 3.63. The van der Waals surface area contributed by atoms with E-state index in [9.17, 15) is 4.79 Å². The average molecular weight is 299 g/mol. The van der Waals surface area contributed by atoms with Gasteiger partial charge in [0, 0.05) is 24.3 Å². The largest absolute Gasteiger partial charge is 0.455 e. The maximum Gasteiger partial charge on any atom is 0.138 e. The van der Waals surface area contributed by atoms with Gasteiger partial charge in [-0.1, -0.05) is 36.4 Å². The highest BCUT2D eigenvalue weighted by atomic mass is 16.3. The zero-order valence-corrected chi connectivity index (χ0v) is 12.7. The summed E-state index contributed by atoms with van der Waals surface area (Å²) >= 11 is 0. The molecule has 4 heteroatoms. The molecule has 0 atom stereocenters. The monoisotopic (exact) mass is 299 g/mol. The van der Waals surface area contributed by atoms with Gasteiger partial charge >= 0.3 is 0 Å². The Labute approximate surface area is 129 Å². The molecule has 4 nitrogen and oxygen atoms in total. The first-order valence-electron chi connectivity index (χ1n) is 7.35. The van der Waals surface area contributed by atoms with Crippen molar-refractivity contribution in [2.24, 2.45) is 5.73 Å². The quantitative estimate of drug-likeness (QED) is 0.710. The first-order valence-corrected chi connectivity index (χ1v) is 7.35. The molecule has 0 fully saturated rings. The molecule has 0 amide bonds. The molecule has 116 valence electrons. The van der Waals surface area contributed by atoms with Gasteiger partial charge in [-0.2, -0.15) is 0 Å². The number of aryl methyl sites for hydroxylation is 1. The number of aliphatic hydroxyl groups is 1. The Morgan fingerprint density at radius 2 is 1.55 bits per heavy atom. The van der Waals surface area contributed by atoms with Gasteiger partial charge in [0.25, 0.3) is 0 Å². The van der Waals surface area contributed by atoms with Gasteiger partial charge in [-0.15, -0.1) is 0 Å². The number of furan rings is 1. The van der Waals surface area contributed by atoms with Crippen molar-refractivity contribution in [2.75, 3.05) is 13.7 Å². The van der Waals surface area contributed by atoms with Crippen LogP contribution in [0, 0.1) is 0 Å². The van der Waals surface area contributed by atoms with Gasteiger partial charge < -0.3 is 20.1 Å². The molecule has 0 unspecified atom stereocenters. The third-order valence-corrected chi connectivity index (χ3v) is 3.63. The van der Waals surface area contributed by atoms with Gasteiger partial charge in [0.15, 0.2) is 0 Å². The van der Waals surface area contributed by atoms with Gasteiger partial charge in [0.1, 0.15) is 17.5 Å². The summed E-state index contributed by atoms with van der Waals surface area (Å²) in [6, 6.07) is 12.3. The Balaban J connectivity index is 0.000000847. The normalized spacial score (nSPS) is 10.5. The molecular formula is C18H21NO3. The molecule has 0 spiro atoms. The first-order chi connectivity index (χ1) is 10.8. The van der Waals surface area contributed by atoms with Crippen molar-refractivity contribution in [1.29, 1.82) is 0 Å². The number of benzene rings is 2. The van der Waals surface area contributed by atoms with Gasteiger partial charge in [-0.3, -0.25) is 0 Å². The standard InChI is InChI=1S/C17H17NO2.CH4O/c18-10-9-13-5-2-8-15-14-7-1-4-12(6-3-11-19)16(14)20-17(13)15;1-2/h1-2,4-5,7-8,11H,3,6,9-10,18H2;2H,1H3. The molecule has 1 aromatic heterocycles. The number of aldehydes is 1. The fourth-order valence-corrected chi connectivity index (χ4v) is 2.70. The van der Waals surface area contributed by atoms with Crippen molar-refractivity contribution in [3.05, 3.63) is 47.5 Å². The summed E-state index contributed by atoms with van der Waals surface area (Å²) < 4.78 is 6.09. The van der Waals surface area contributed by atoms with Crippen LogP contribution in [0.4, 0.5) is 0 Å². The Hall–Kier alpha value is -2.17. The Kier molecular flexibility index (Phi) is 5.69. The predicted octanol–water partition coefficient (Wildman–Crippen LogP) is 2.83. The van der Waals surface area contributed by atoms with E-state index in [1.54, 1.807) is 0 Å². The SMILES string of the molecule is CO.NCCc1cccc2c1oc1c(CCC=O)cccc12. The smallest absolute Gasteiger partial charge is 0.138 e. The summed E-state index contributed by atoms with van der Waals surface area (Å²) in [4.78, 5) is 10.6. The second-order valence-electron chi connectivity index (χ2n) is 4.93. The van der Waals surface area contributed by atoms with Crippen LogP contribution >= 0.6 is 0 Å². The van der Waals surface area contributed by atoms with E-state index in [1.807, 2.05) is 18.2 Å². The number of carbonyl (C=O) groups excluding carboxylic acids is 1. The number of rotatable bonds is 5. The number of para-hydroxylation sites is 2. The van der Waals surface area contributed by atoms with E-state index in [0.717, 1.165) is 52.9 Å². The van der Waals surface area contributed by atoms with Gasteiger partial charge in [0.05, 0.1) is 0 Å². The molecular weight excluding hydrogens is 278 g/mol. The van der Waals surface area contributed by atoms with Gasteiger partial charge in [-0.25, -0.2) is 0 Å². The van der Waals surface area contributed by atoms with Crippen molar-refractivity contribution in [1.82, 2.24) is 0 Å². The fourth-order valence-electron chi connectivity index (χ4n) is 2.70. The van der Waals surface area contributed by atoms with E-state index in [1.165, 1.54) is 0 Å². The van der Waals surface area contributed by atoms with Gasteiger partial charge in [-0.05, 0) is 30.5 Å². The van der Waals surface area contributed by atoms with Gasteiger partial charge in [0.2, 0.25) is 0 Å². The molecule has 1 heterocycles. The van der Waals surface area contributed by atoms with Crippen LogP contribution in [-0.2, 0) is 17.6 Å². The van der Waals surface area contributed by atoms with E-state index in [-0.39, 0.29) is 0 Å². The molecule has 0 radical (unpaired) electrons. The topological polar surface area (TPSA) is 76.5 Å². The highest BCUT2D eigenvalue weighted by molar-refractivity contribution is 6.06. The fraction of sp³-hybridized carbons (Fsp3) is 0.278. The summed E-state index contributed by atoms with van der Waals surface area (Å²) in [5, 5.41) is 9.24. The van der Waals surface area contributed by atoms with E-state index in [2.05, 4.69) is 18.2 Å². The van der Waals surface area contributed by atoms with Crippen LogP contribution in [0.1, 0.15) is 17.5 Å². The highest BCUT2D eigenvalue weighted by Gasteiger charge is 2.12. The Morgan fingerprint density at radius 3 is 2.05 bits per heavy atom. The molecule has 0 aliphatic heterocycles. The predicted molar refractivity (Wildman–Crippen MR) is 89.0 cm³/mol. The molecule has 0 bridgehead atoms. The number of fused-ring (bicyclic) bond motifs is 3. The van der Waals surface area contributed by atoms with Crippen molar-refractivity contribution < 1.29 is 14.3 Å². The van der Waals surface area contributed by atoms with E-state index < -0.39 is 0 Å². The van der Waals surface area contributed by atoms with Crippen LogP contribution in [0.2, 0.25) is 0 Å². The summed E-state index contributed by atoms with van der Waals surface area (Å²) in [6.07, 6.45) is 2.99. The van der Waals surface area contributed by atoms with Crippen LogP contribution in [0.5, 0.6) is 0 Å². The van der Waals surface area contributed by atoms with Crippen LogP contribution in [0.3, 0.4) is 0 Å². The van der Waals surface area contributed by atoms with E-state index in [4.69, 9.17) is 15.3 Å². The van der Waals surface area contributed by atoms with Crippen molar-refractivity contribution in [2.45, 2.75) is 19.3 Å².